The summed E-state index contributed by atoms with van der Waals surface area (Å²) < 4.78 is 0.559. The molecule has 5 heteroatoms. The molecule has 0 aliphatic rings. The molecule has 2 N–H and O–H groups in total. The number of hydrogen-bond acceptors (Lipinski definition) is 2. The Kier molecular flexibility index (Phi) is 3.66. The third-order valence-corrected chi connectivity index (χ3v) is 2.36. The Hall–Kier alpha value is 0.370. The molecule has 0 atom stereocenters. The largest absolute Gasteiger partial charge is 0.391 e. The number of nitrogen functional groups attached to an aromatic ring is 1. The zero-order chi connectivity index (χ0) is 6.15. The van der Waals surface area contributed by atoms with Gasteiger partial charge in [-0.1, -0.05) is 23.2 Å². The van der Waals surface area contributed by atoms with Crippen molar-refractivity contribution in [2.24, 2.45) is 0 Å². The van der Waals surface area contributed by atoms with Gasteiger partial charge in [0.2, 0.25) is 0 Å². The van der Waals surface area contributed by atoms with Crippen molar-refractivity contribution < 1.29 is 0 Å². The minimum Gasteiger partial charge on any atom is -0.391 e. The van der Waals surface area contributed by atoms with E-state index in [-0.39, 0.29) is 12.4 Å². The summed E-state index contributed by atoms with van der Waals surface area (Å²) >= 11 is 12.3. The maximum absolute atomic E-state index is 5.54. The fraction of sp³-hybridized carbons (Fsp3) is 0. The Labute approximate surface area is 73.2 Å². The highest BCUT2D eigenvalue weighted by Gasteiger charge is 1.99. The van der Waals surface area contributed by atoms with E-state index in [0.29, 0.717) is 14.4 Å². The van der Waals surface area contributed by atoms with Crippen LogP contribution in [0.3, 0.4) is 0 Å². The quantitative estimate of drug-likeness (QED) is 0.691. The molecule has 0 radical (unpaired) electrons. The van der Waals surface area contributed by atoms with E-state index >= 15 is 0 Å². The van der Waals surface area contributed by atoms with Crippen molar-refractivity contribution in [3.05, 3.63) is 15.4 Å². The molecule has 52 valence electrons. The van der Waals surface area contributed by atoms with E-state index in [4.69, 9.17) is 28.9 Å². The summed E-state index contributed by atoms with van der Waals surface area (Å²) in [6.45, 7) is 0. The predicted octanol–water partition coefficient (Wildman–Crippen LogP) is 3.06. The van der Waals surface area contributed by atoms with Gasteiger partial charge in [0.25, 0.3) is 0 Å². The summed E-state index contributed by atoms with van der Waals surface area (Å²) in [6, 6.07) is 1.63. The first-order valence-electron chi connectivity index (χ1n) is 1.90. The molecule has 0 spiro atoms. The van der Waals surface area contributed by atoms with Gasteiger partial charge >= 0.3 is 0 Å². The van der Waals surface area contributed by atoms with Crippen molar-refractivity contribution in [1.29, 1.82) is 0 Å². The number of anilines is 1. The lowest BCUT2D eigenvalue weighted by atomic mass is 10.6. The van der Waals surface area contributed by atoms with Crippen LogP contribution in [0.25, 0.3) is 0 Å². The van der Waals surface area contributed by atoms with Crippen LogP contribution in [0.2, 0.25) is 9.36 Å². The summed E-state index contributed by atoms with van der Waals surface area (Å²) in [4.78, 5) is 0. The van der Waals surface area contributed by atoms with Crippen LogP contribution in [-0.4, -0.2) is 0 Å². The highest BCUT2D eigenvalue weighted by molar-refractivity contribution is 7.20. The van der Waals surface area contributed by atoms with E-state index in [1.165, 1.54) is 11.3 Å². The molecule has 1 aromatic heterocycles. The fourth-order valence-corrected chi connectivity index (χ4v) is 1.52. The van der Waals surface area contributed by atoms with Crippen LogP contribution < -0.4 is 5.73 Å². The molecule has 0 aliphatic heterocycles. The molecule has 1 rings (SSSR count). The minimum absolute atomic E-state index is 0. The van der Waals surface area contributed by atoms with Crippen LogP contribution in [0.1, 0.15) is 0 Å². The third-order valence-electron chi connectivity index (χ3n) is 0.664. The predicted molar refractivity (Wildman–Crippen MR) is 46.0 cm³/mol. The van der Waals surface area contributed by atoms with E-state index in [9.17, 15) is 0 Å². The lowest BCUT2D eigenvalue weighted by Gasteiger charge is -1.73. The van der Waals surface area contributed by atoms with E-state index < -0.39 is 0 Å². The van der Waals surface area contributed by atoms with Crippen molar-refractivity contribution in [1.82, 2.24) is 0 Å². The summed E-state index contributed by atoms with van der Waals surface area (Å²) in [5.74, 6) is 0. The molecule has 0 saturated heterocycles. The van der Waals surface area contributed by atoms with Gasteiger partial charge in [-0.15, -0.1) is 23.7 Å². The van der Waals surface area contributed by atoms with Gasteiger partial charge in [0.15, 0.2) is 0 Å². The first-order valence-corrected chi connectivity index (χ1v) is 3.47. The minimum atomic E-state index is 0. The van der Waals surface area contributed by atoms with Crippen LogP contribution in [0.15, 0.2) is 6.07 Å². The third kappa shape index (κ3) is 2.22. The standard InChI is InChI=1S/C4H3Cl2NS.ClH/c5-2-1-3(7)8-4(2)6;/h1H,7H2;1H. The van der Waals surface area contributed by atoms with Gasteiger partial charge in [-0.25, -0.2) is 0 Å². The number of hydrogen-bond donors (Lipinski definition) is 1. The van der Waals surface area contributed by atoms with Crippen LogP contribution in [0.5, 0.6) is 0 Å². The number of halogens is 3. The van der Waals surface area contributed by atoms with Crippen molar-refractivity contribution in [2.45, 2.75) is 0 Å². The Bertz CT molecular complexity index is 178. The van der Waals surface area contributed by atoms with Crippen LogP contribution in [0, 0.1) is 0 Å². The van der Waals surface area contributed by atoms with Crippen molar-refractivity contribution >= 4 is 51.9 Å². The Morgan fingerprint density at radius 2 is 2.00 bits per heavy atom. The van der Waals surface area contributed by atoms with Crippen LogP contribution in [0.4, 0.5) is 5.00 Å². The molecular formula is C4H4Cl3NS. The van der Waals surface area contributed by atoms with Crippen LogP contribution in [-0.2, 0) is 0 Å². The second-order valence-corrected chi connectivity index (χ2v) is 3.36. The average Bonchev–Trinajstić information content (AvgIpc) is 1.85. The maximum Gasteiger partial charge on any atom is 0.114 e. The van der Waals surface area contributed by atoms with Crippen molar-refractivity contribution in [2.75, 3.05) is 5.73 Å². The molecular weight excluding hydrogens is 200 g/mol. The molecule has 1 heterocycles. The SMILES string of the molecule is Cl.Nc1cc(Cl)c(Cl)s1. The fourth-order valence-electron chi connectivity index (χ4n) is 0.363. The monoisotopic (exact) mass is 203 g/mol. The van der Waals surface area contributed by atoms with Crippen molar-refractivity contribution in [3.8, 4) is 0 Å². The lowest BCUT2D eigenvalue weighted by molar-refractivity contribution is 1.93. The molecule has 0 amide bonds. The first kappa shape index (κ1) is 9.37. The molecule has 0 aliphatic carbocycles. The van der Waals surface area contributed by atoms with E-state index in [1.807, 2.05) is 0 Å². The Morgan fingerprint density at radius 3 is 2.11 bits per heavy atom. The summed E-state index contributed by atoms with van der Waals surface area (Å²) in [5.41, 5.74) is 5.33. The van der Waals surface area contributed by atoms with Gasteiger partial charge in [0.05, 0.1) is 10.0 Å². The Balaban J connectivity index is 0.000000640. The molecule has 9 heavy (non-hydrogen) atoms. The van der Waals surface area contributed by atoms with E-state index in [2.05, 4.69) is 0 Å². The molecule has 0 fully saturated rings. The number of thiophene rings is 1. The molecule has 0 bridgehead atoms. The summed E-state index contributed by atoms with van der Waals surface area (Å²) in [6.07, 6.45) is 0. The number of nitrogens with two attached hydrogens (primary N) is 1. The molecule has 0 saturated carbocycles. The maximum atomic E-state index is 5.54. The van der Waals surface area contributed by atoms with E-state index in [1.54, 1.807) is 6.07 Å². The second-order valence-electron chi connectivity index (χ2n) is 1.27. The first-order chi connectivity index (χ1) is 3.70. The van der Waals surface area contributed by atoms with Gasteiger partial charge in [-0.05, 0) is 6.07 Å². The van der Waals surface area contributed by atoms with Gasteiger partial charge < -0.3 is 5.73 Å². The van der Waals surface area contributed by atoms with Gasteiger partial charge in [-0.2, -0.15) is 0 Å². The average molecular weight is 205 g/mol. The molecule has 1 nitrogen and oxygen atoms in total. The second kappa shape index (κ2) is 3.52. The van der Waals surface area contributed by atoms with Gasteiger partial charge in [0.1, 0.15) is 4.34 Å². The Morgan fingerprint density at radius 1 is 1.44 bits per heavy atom. The molecule has 1 aromatic rings. The zero-order valence-corrected chi connectivity index (χ0v) is 7.37. The van der Waals surface area contributed by atoms with Crippen LogP contribution >= 0.6 is 46.9 Å². The van der Waals surface area contributed by atoms with Gasteiger partial charge in [-0.3, -0.25) is 0 Å². The topological polar surface area (TPSA) is 26.0 Å². The lowest BCUT2D eigenvalue weighted by Crippen LogP contribution is -1.72. The van der Waals surface area contributed by atoms with Gasteiger partial charge in [0, 0.05) is 0 Å². The zero-order valence-electron chi connectivity index (χ0n) is 4.23. The number of rotatable bonds is 0. The normalized spacial score (nSPS) is 8.67. The summed E-state index contributed by atoms with van der Waals surface area (Å²) in [5, 5.41) is 1.19. The molecule has 0 aromatic carbocycles. The van der Waals surface area contributed by atoms with E-state index in [0.717, 1.165) is 0 Å². The van der Waals surface area contributed by atoms with Crippen molar-refractivity contribution in [3.63, 3.8) is 0 Å². The smallest absolute Gasteiger partial charge is 0.114 e. The molecule has 0 unspecified atom stereocenters. The highest BCUT2D eigenvalue weighted by Crippen LogP contribution is 2.32. The summed E-state index contributed by atoms with van der Waals surface area (Å²) in [7, 11) is 0. The highest BCUT2D eigenvalue weighted by atomic mass is 35.5.